The highest BCUT2D eigenvalue weighted by Gasteiger charge is 2.19. The summed E-state index contributed by atoms with van der Waals surface area (Å²) in [7, 11) is 0. The molecule has 0 aliphatic carbocycles. The Labute approximate surface area is 134 Å². The summed E-state index contributed by atoms with van der Waals surface area (Å²) >= 11 is 1.40. The number of hydrogen-bond acceptors (Lipinski definition) is 5. The van der Waals surface area contributed by atoms with E-state index in [0.717, 1.165) is 11.4 Å². The number of nitrogens with zero attached hydrogens (tertiary/aromatic N) is 2. The minimum Gasteiger partial charge on any atom is -0.481 e. The summed E-state index contributed by atoms with van der Waals surface area (Å²) in [5.74, 6) is 0.429. The number of ether oxygens (including phenoxy) is 1. The Hall–Kier alpha value is -1.95. The highest BCUT2D eigenvalue weighted by molar-refractivity contribution is 7.15. The van der Waals surface area contributed by atoms with E-state index < -0.39 is 6.10 Å². The van der Waals surface area contributed by atoms with E-state index in [-0.39, 0.29) is 11.3 Å². The van der Waals surface area contributed by atoms with Crippen molar-refractivity contribution < 1.29 is 9.53 Å². The van der Waals surface area contributed by atoms with Crippen molar-refractivity contribution in [1.82, 2.24) is 10.2 Å². The molecular formula is C16H21N3O2S. The summed E-state index contributed by atoms with van der Waals surface area (Å²) in [5.41, 5.74) is 0.143. The average Bonchev–Trinajstić information content (AvgIpc) is 2.84. The summed E-state index contributed by atoms with van der Waals surface area (Å²) in [4.78, 5) is 12.1. The Balaban J connectivity index is 1.91. The van der Waals surface area contributed by atoms with Crippen LogP contribution in [0.4, 0.5) is 5.13 Å². The molecule has 2 aromatic rings. The molecule has 6 heteroatoms. The molecule has 1 atom stereocenters. The first-order valence-corrected chi connectivity index (χ1v) is 8.00. The Bertz CT molecular complexity index is 620. The number of carbonyl (C=O) groups excluding carboxylic acids is 1. The molecule has 0 aliphatic heterocycles. The lowest BCUT2D eigenvalue weighted by Gasteiger charge is -2.15. The molecule has 0 bridgehead atoms. The van der Waals surface area contributed by atoms with Crippen LogP contribution in [-0.2, 0) is 11.2 Å². The van der Waals surface area contributed by atoms with Crippen molar-refractivity contribution in [3.8, 4) is 5.75 Å². The largest absolute Gasteiger partial charge is 0.481 e. The number of benzene rings is 1. The van der Waals surface area contributed by atoms with Crippen LogP contribution in [0.3, 0.4) is 0 Å². The normalized spacial score (nSPS) is 12.7. The van der Waals surface area contributed by atoms with Crippen LogP contribution >= 0.6 is 11.3 Å². The van der Waals surface area contributed by atoms with E-state index in [2.05, 4.69) is 36.3 Å². The van der Waals surface area contributed by atoms with Crippen molar-refractivity contribution in [3.63, 3.8) is 0 Å². The van der Waals surface area contributed by atoms with Gasteiger partial charge in [-0.1, -0.05) is 50.3 Å². The van der Waals surface area contributed by atoms with Gasteiger partial charge >= 0.3 is 0 Å². The fourth-order valence-corrected chi connectivity index (χ4v) is 2.84. The predicted octanol–water partition coefficient (Wildman–Crippen LogP) is 3.53. The topological polar surface area (TPSA) is 64.1 Å². The third-order valence-electron chi connectivity index (χ3n) is 2.80. The summed E-state index contributed by atoms with van der Waals surface area (Å²) in [5, 5.41) is 12.3. The van der Waals surface area contributed by atoms with Crippen LogP contribution in [0.15, 0.2) is 30.3 Å². The monoisotopic (exact) mass is 319 g/mol. The second-order valence-electron chi connectivity index (χ2n) is 6.30. The highest BCUT2D eigenvalue weighted by atomic mass is 32.1. The molecule has 22 heavy (non-hydrogen) atoms. The summed E-state index contributed by atoms with van der Waals surface area (Å²) < 4.78 is 5.58. The van der Waals surface area contributed by atoms with Crippen molar-refractivity contribution in [2.45, 2.75) is 40.2 Å². The third kappa shape index (κ3) is 5.11. The van der Waals surface area contributed by atoms with Gasteiger partial charge in [-0.2, -0.15) is 0 Å². The zero-order valence-electron chi connectivity index (χ0n) is 13.3. The van der Waals surface area contributed by atoms with Gasteiger partial charge in [-0.05, 0) is 24.5 Å². The number of amides is 1. The number of para-hydroxylation sites is 1. The fourth-order valence-electron chi connectivity index (χ4n) is 1.79. The third-order valence-corrected chi connectivity index (χ3v) is 3.64. The molecule has 0 radical (unpaired) electrons. The van der Waals surface area contributed by atoms with E-state index in [4.69, 9.17) is 4.74 Å². The first kappa shape index (κ1) is 16.4. The smallest absolute Gasteiger partial charge is 0.266 e. The number of carbonyl (C=O) groups is 1. The van der Waals surface area contributed by atoms with Gasteiger partial charge in [-0.25, -0.2) is 0 Å². The van der Waals surface area contributed by atoms with Gasteiger partial charge in [-0.3, -0.25) is 10.1 Å². The average molecular weight is 319 g/mol. The van der Waals surface area contributed by atoms with Crippen molar-refractivity contribution in [1.29, 1.82) is 0 Å². The molecule has 1 aromatic heterocycles. The minimum atomic E-state index is -0.600. The molecule has 1 aromatic carbocycles. The van der Waals surface area contributed by atoms with E-state index in [1.54, 1.807) is 6.92 Å². The van der Waals surface area contributed by atoms with Gasteiger partial charge in [0.05, 0.1) is 0 Å². The summed E-state index contributed by atoms with van der Waals surface area (Å²) in [6.07, 6.45) is 0.230. The van der Waals surface area contributed by atoms with Gasteiger partial charge in [0, 0.05) is 6.42 Å². The van der Waals surface area contributed by atoms with Crippen molar-refractivity contribution in [3.05, 3.63) is 35.3 Å². The summed E-state index contributed by atoms with van der Waals surface area (Å²) in [6, 6.07) is 9.26. The molecule has 0 saturated heterocycles. The molecule has 0 spiro atoms. The quantitative estimate of drug-likeness (QED) is 0.915. The Morgan fingerprint density at radius 3 is 2.59 bits per heavy atom. The van der Waals surface area contributed by atoms with E-state index in [0.29, 0.717) is 10.9 Å². The zero-order valence-corrected chi connectivity index (χ0v) is 14.1. The fraction of sp³-hybridized carbons (Fsp3) is 0.438. The molecule has 1 N–H and O–H groups in total. The van der Waals surface area contributed by atoms with Gasteiger partial charge in [-0.15, -0.1) is 10.2 Å². The van der Waals surface area contributed by atoms with Gasteiger partial charge in [0.2, 0.25) is 5.13 Å². The standard InChI is InChI=1S/C16H21N3O2S/c1-11(21-12-8-6-5-7-9-12)14(20)17-15-19-18-13(22-15)10-16(2,3)4/h5-9,11H,10H2,1-4H3,(H,17,19,20)/t11-/m0/s1. The molecule has 5 nitrogen and oxygen atoms in total. The van der Waals surface area contributed by atoms with E-state index >= 15 is 0 Å². The van der Waals surface area contributed by atoms with Gasteiger partial charge < -0.3 is 4.74 Å². The van der Waals surface area contributed by atoms with E-state index in [1.165, 1.54) is 11.3 Å². The van der Waals surface area contributed by atoms with Crippen molar-refractivity contribution in [2.24, 2.45) is 5.41 Å². The number of rotatable bonds is 5. The van der Waals surface area contributed by atoms with Crippen LogP contribution in [0.2, 0.25) is 0 Å². The lowest BCUT2D eigenvalue weighted by Crippen LogP contribution is -2.30. The molecule has 0 unspecified atom stereocenters. The Morgan fingerprint density at radius 1 is 1.27 bits per heavy atom. The first-order valence-electron chi connectivity index (χ1n) is 7.18. The SMILES string of the molecule is C[C@H](Oc1ccccc1)C(=O)Nc1nnc(CC(C)(C)C)s1. The lowest BCUT2D eigenvalue weighted by atomic mass is 9.93. The Kier molecular flexibility index (Phi) is 5.13. The maximum atomic E-state index is 12.1. The molecule has 118 valence electrons. The van der Waals surface area contributed by atoms with Crippen LogP contribution in [0.25, 0.3) is 0 Å². The number of nitrogens with one attached hydrogen (secondary N) is 1. The number of anilines is 1. The van der Waals surface area contributed by atoms with E-state index in [9.17, 15) is 4.79 Å². The van der Waals surface area contributed by atoms with Crippen LogP contribution < -0.4 is 10.1 Å². The van der Waals surface area contributed by atoms with Gasteiger partial charge in [0.15, 0.2) is 6.10 Å². The molecule has 0 fully saturated rings. The number of aromatic nitrogens is 2. The highest BCUT2D eigenvalue weighted by Crippen LogP contribution is 2.25. The van der Waals surface area contributed by atoms with Crippen LogP contribution in [-0.4, -0.2) is 22.2 Å². The zero-order chi connectivity index (χ0) is 16.2. The maximum Gasteiger partial charge on any atom is 0.266 e. The van der Waals surface area contributed by atoms with Crippen molar-refractivity contribution >= 4 is 22.4 Å². The lowest BCUT2D eigenvalue weighted by molar-refractivity contribution is -0.122. The second-order valence-corrected chi connectivity index (χ2v) is 7.36. The minimum absolute atomic E-state index is 0.143. The second kappa shape index (κ2) is 6.87. The van der Waals surface area contributed by atoms with Crippen LogP contribution in [0, 0.1) is 5.41 Å². The molecule has 1 amide bonds. The van der Waals surface area contributed by atoms with Crippen LogP contribution in [0.5, 0.6) is 5.75 Å². The van der Waals surface area contributed by atoms with Crippen LogP contribution in [0.1, 0.15) is 32.7 Å². The number of hydrogen-bond donors (Lipinski definition) is 1. The molecule has 0 aliphatic rings. The molecule has 1 heterocycles. The molecular weight excluding hydrogens is 298 g/mol. The first-order chi connectivity index (χ1) is 10.3. The van der Waals surface area contributed by atoms with Gasteiger partial charge in [0.1, 0.15) is 10.8 Å². The van der Waals surface area contributed by atoms with Gasteiger partial charge in [0.25, 0.3) is 5.91 Å². The Morgan fingerprint density at radius 2 is 1.95 bits per heavy atom. The molecule has 0 saturated carbocycles. The summed E-state index contributed by atoms with van der Waals surface area (Å²) in [6.45, 7) is 8.13. The van der Waals surface area contributed by atoms with E-state index in [1.807, 2.05) is 30.3 Å². The molecule has 2 rings (SSSR count). The van der Waals surface area contributed by atoms with Crippen molar-refractivity contribution in [2.75, 3.05) is 5.32 Å². The maximum absolute atomic E-state index is 12.1. The predicted molar refractivity (Wildman–Crippen MR) is 88.2 cm³/mol.